The van der Waals surface area contributed by atoms with Crippen molar-refractivity contribution >= 4 is 5.97 Å². The number of carboxylic acids is 1. The minimum Gasteiger partial charge on any atom is -0.480 e. The summed E-state index contributed by atoms with van der Waals surface area (Å²) in [6.07, 6.45) is 6.68. The smallest absolute Gasteiger partial charge is 0.317 e. The Bertz CT molecular complexity index is 779. The van der Waals surface area contributed by atoms with Crippen LogP contribution in [-0.4, -0.2) is 50.9 Å². The van der Waals surface area contributed by atoms with Crippen LogP contribution in [0.15, 0.2) is 36.5 Å². The summed E-state index contributed by atoms with van der Waals surface area (Å²) in [5, 5.41) is 17.4. The van der Waals surface area contributed by atoms with E-state index in [1.165, 1.54) is 18.4 Å². The Hall–Kier alpha value is -2.18. The Morgan fingerprint density at radius 2 is 2.04 bits per heavy atom. The van der Waals surface area contributed by atoms with Gasteiger partial charge in [-0.25, -0.2) is 4.68 Å². The highest BCUT2D eigenvalue weighted by Gasteiger charge is 2.36. The molecule has 0 unspecified atom stereocenters. The van der Waals surface area contributed by atoms with E-state index in [1.54, 1.807) is 0 Å². The molecule has 2 aromatic rings. The molecule has 1 aromatic heterocycles. The lowest BCUT2D eigenvalue weighted by Crippen LogP contribution is -2.54. The zero-order chi connectivity index (χ0) is 18.8. The lowest BCUT2D eigenvalue weighted by molar-refractivity contribution is -0.139. The summed E-state index contributed by atoms with van der Waals surface area (Å²) in [5.41, 5.74) is 3.33. The van der Waals surface area contributed by atoms with Gasteiger partial charge in [0.1, 0.15) is 0 Å². The fraction of sp³-hybridized carbons (Fsp3) is 0.524. The minimum atomic E-state index is -0.712. The summed E-state index contributed by atoms with van der Waals surface area (Å²) in [5.74, 6) is 0.0128. The molecule has 2 fully saturated rings. The van der Waals surface area contributed by atoms with Crippen LogP contribution in [-0.2, 0) is 11.3 Å². The normalized spacial score (nSPS) is 22.0. The van der Waals surface area contributed by atoms with Crippen LogP contribution in [0, 0.1) is 12.8 Å². The zero-order valence-electron chi connectivity index (χ0n) is 15.8. The highest BCUT2D eigenvalue weighted by molar-refractivity contribution is 5.69. The number of benzene rings is 1. The van der Waals surface area contributed by atoms with E-state index in [2.05, 4.69) is 33.6 Å². The summed E-state index contributed by atoms with van der Waals surface area (Å²) in [4.78, 5) is 13.3. The van der Waals surface area contributed by atoms with Crippen LogP contribution < -0.4 is 5.32 Å². The molecule has 144 valence electrons. The number of aliphatic carboxylic acids is 1. The molecule has 0 saturated heterocycles. The van der Waals surface area contributed by atoms with Gasteiger partial charge < -0.3 is 10.4 Å². The number of hydrogen-bond acceptors (Lipinski definition) is 4. The molecule has 1 aromatic carbocycles. The van der Waals surface area contributed by atoms with E-state index in [1.807, 2.05) is 29.8 Å². The van der Waals surface area contributed by atoms with Gasteiger partial charge in [0.15, 0.2) is 0 Å². The van der Waals surface area contributed by atoms with Crippen LogP contribution in [0.5, 0.6) is 0 Å². The van der Waals surface area contributed by atoms with Crippen molar-refractivity contribution in [3.63, 3.8) is 0 Å². The molecule has 0 aliphatic heterocycles. The number of nitrogens with zero attached hydrogens (tertiary/aromatic N) is 3. The number of carbonyl (C=O) groups is 1. The average Bonchev–Trinajstić information content (AvgIpc) is 3.34. The van der Waals surface area contributed by atoms with Gasteiger partial charge in [0.05, 0.1) is 17.9 Å². The van der Waals surface area contributed by atoms with Gasteiger partial charge in [-0.15, -0.1) is 0 Å². The molecule has 2 aliphatic rings. The van der Waals surface area contributed by atoms with Gasteiger partial charge in [-0.1, -0.05) is 18.2 Å². The van der Waals surface area contributed by atoms with E-state index in [4.69, 9.17) is 5.11 Å². The van der Waals surface area contributed by atoms with Gasteiger partial charge in [0.2, 0.25) is 0 Å². The van der Waals surface area contributed by atoms with Crippen molar-refractivity contribution in [2.24, 2.45) is 5.92 Å². The van der Waals surface area contributed by atoms with Crippen molar-refractivity contribution in [1.29, 1.82) is 0 Å². The molecule has 2 saturated carbocycles. The summed E-state index contributed by atoms with van der Waals surface area (Å²) in [6.45, 7) is 3.98. The van der Waals surface area contributed by atoms with E-state index in [9.17, 15) is 4.79 Å². The molecule has 1 heterocycles. The van der Waals surface area contributed by atoms with Gasteiger partial charge in [-0.05, 0) is 50.7 Å². The first-order chi connectivity index (χ1) is 13.1. The summed E-state index contributed by atoms with van der Waals surface area (Å²) < 4.78 is 1.93. The highest BCUT2D eigenvalue weighted by atomic mass is 16.4. The maximum Gasteiger partial charge on any atom is 0.317 e. The molecule has 0 amide bonds. The lowest BCUT2D eigenvalue weighted by atomic mass is 9.85. The molecule has 6 nitrogen and oxygen atoms in total. The van der Waals surface area contributed by atoms with Crippen molar-refractivity contribution in [3.05, 3.63) is 47.8 Å². The van der Waals surface area contributed by atoms with Crippen LogP contribution in [0.3, 0.4) is 0 Å². The predicted octanol–water partition coefficient (Wildman–Crippen LogP) is 2.60. The van der Waals surface area contributed by atoms with Crippen LogP contribution in [0.4, 0.5) is 0 Å². The molecular formula is C21H28N4O2. The molecule has 0 atom stereocenters. The van der Waals surface area contributed by atoms with Crippen LogP contribution >= 0.6 is 0 Å². The molecule has 0 radical (unpaired) electrons. The Balaban J connectivity index is 1.28. The first-order valence-corrected chi connectivity index (χ1v) is 9.88. The van der Waals surface area contributed by atoms with E-state index >= 15 is 0 Å². The fourth-order valence-electron chi connectivity index (χ4n) is 3.84. The number of nitrogens with one attached hydrogen (secondary N) is 1. The third-order valence-electron chi connectivity index (χ3n) is 5.76. The number of para-hydroxylation sites is 1. The van der Waals surface area contributed by atoms with Crippen LogP contribution in [0.1, 0.15) is 36.9 Å². The Morgan fingerprint density at radius 3 is 2.70 bits per heavy atom. The number of aromatic nitrogens is 2. The van der Waals surface area contributed by atoms with Gasteiger partial charge in [0.25, 0.3) is 0 Å². The monoisotopic (exact) mass is 368 g/mol. The molecular weight excluding hydrogens is 340 g/mol. The highest BCUT2D eigenvalue weighted by Crippen LogP contribution is 2.33. The molecule has 27 heavy (non-hydrogen) atoms. The van der Waals surface area contributed by atoms with Crippen molar-refractivity contribution in [1.82, 2.24) is 20.0 Å². The average molecular weight is 368 g/mol. The lowest BCUT2D eigenvalue weighted by Gasteiger charge is -2.43. The summed E-state index contributed by atoms with van der Waals surface area (Å²) in [6, 6.07) is 11.0. The molecule has 0 spiro atoms. The minimum absolute atomic E-state index is 0.177. The van der Waals surface area contributed by atoms with E-state index in [0.29, 0.717) is 12.1 Å². The van der Waals surface area contributed by atoms with E-state index in [-0.39, 0.29) is 6.54 Å². The second-order valence-electron chi connectivity index (χ2n) is 7.99. The summed E-state index contributed by atoms with van der Waals surface area (Å²) in [7, 11) is 0. The number of hydrogen-bond donors (Lipinski definition) is 2. The van der Waals surface area contributed by atoms with Crippen molar-refractivity contribution < 1.29 is 9.90 Å². The number of rotatable bonds is 9. The molecule has 6 heteroatoms. The Morgan fingerprint density at radius 1 is 1.30 bits per heavy atom. The second kappa shape index (κ2) is 7.82. The second-order valence-corrected chi connectivity index (χ2v) is 7.99. The topological polar surface area (TPSA) is 70.4 Å². The molecule has 0 bridgehead atoms. The van der Waals surface area contributed by atoms with E-state index < -0.39 is 5.97 Å². The van der Waals surface area contributed by atoms with Crippen molar-refractivity contribution in [3.8, 4) is 5.69 Å². The maximum absolute atomic E-state index is 11.1. The largest absolute Gasteiger partial charge is 0.480 e. The summed E-state index contributed by atoms with van der Waals surface area (Å²) >= 11 is 0. The fourth-order valence-corrected chi connectivity index (χ4v) is 3.84. The molecule has 2 N–H and O–H groups in total. The molecule has 4 rings (SSSR count). The number of aryl methyl sites for hydroxylation is 1. The maximum atomic E-state index is 11.1. The Kier molecular flexibility index (Phi) is 5.27. The zero-order valence-corrected chi connectivity index (χ0v) is 15.8. The third-order valence-corrected chi connectivity index (χ3v) is 5.76. The quantitative estimate of drug-likeness (QED) is 0.712. The van der Waals surface area contributed by atoms with Gasteiger partial charge >= 0.3 is 5.97 Å². The van der Waals surface area contributed by atoms with Crippen LogP contribution in [0.25, 0.3) is 5.69 Å². The van der Waals surface area contributed by atoms with Gasteiger partial charge in [-0.3, -0.25) is 9.69 Å². The van der Waals surface area contributed by atoms with Crippen LogP contribution in [0.2, 0.25) is 0 Å². The SMILES string of the molecule is Cc1nn(-c2ccccc2)cc1CNC1CC(N(CC(=O)O)CC2CC2)C1. The van der Waals surface area contributed by atoms with Gasteiger partial charge in [-0.2, -0.15) is 5.10 Å². The third kappa shape index (κ3) is 4.57. The van der Waals surface area contributed by atoms with E-state index in [0.717, 1.165) is 43.2 Å². The van der Waals surface area contributed by atoms with Crippen molar-refractivity contribution in [2.45, 2.75) is 51.2 Å². The first kappa shape index (κ1) is 18.2. The van der Waals surface area contributed by atoms with Crippen molar-refractivity contribution in [2.75, 3.05) is 13.1 Å². The van der Waals surface area contributed by atoms with Gasteiger partial charge in [0, 0.05) is 36.9 Å². The molecule has 2 aliphatic carbocycles. The first-order valence-electron chi connectivity index (χ1n) is 9.88. The standard InChI is InChI=1S/C21H28N4O2/c1-15-17(13-25(23-15)19-5-3-2-4-6-19)11-22-18-9-20(10-18)24(14-21(26)27)12-16-7-8-16/h2-6,13,16,18,20,22H,7-12,14H2,1H3,(H,26,27). The Labute approximate surface area is 160 Å². The predicted molar refractivity (Wildman–Crippen MR) is 104 cm³/mol. The number of carboxylic acid groups (broad SMARTS) is 1.